The predicted octanol–water partition coefficient (Wildman–Crippen LogP) is 4.76. The molecule has 1 amide bonds. The maximum absolute atomic E-state index is 13.0. The molecule has 1 fully saturated rings. The molecule has 0 spiro atoms. The zero-order valence-electron chi connectivity index (χ0n) is 16.9. The van der Waals surface area contributed by atoms with E-state index in [0.29, 0.717) is 43.0 Å². The third-order valence-electron chi connectivity index (χ3n) is 5.95. The first kappa shape index (κ1) is 21.6. The van der Waals surface area contributed by atoms with Crippen molar-refractivity contribution >= 4 is 28.6 Å². The SMILES string of the molecule is CC1CCc2sc(C(=O)N3CCN(c4ccc(C(F)(F)F)cc4[N+](=O)[O-])CC3)cc2C1. The van der Waals surface area contributed by atoms with Gasteiger partial charge in [-0.05, 0) is 48.9 Å². The Morgan fingerprint density at radius 2 is 1.90 bits per heavy atom. The smallest absolute Gasteiger partial charge is 0.362 e. The number of halogens is 3. The van der Waals surface area contributed by atoms with Crippen molar-refractivity contribution in [3.63, 3.8) is 0 Å². The van der Waals surface area contributed by atoms with Crippen LogP contribution in [0.2, 0.25) is 0 Å². The molecule has 2 aliphatic rings. The number of anilines is 1. The summed E-state index contributed by atoms with van der Waals surface area (Å²) in [6.07, 6.45) is -1.53. The van der Waals surface area contributed by atoms with Crippen molar-refractivity contribution in [3.05, 3.63) is 55.3 Å². The number of nitro benzene ring substituents is 1. The van der Waals surface area contributed by atoms with Crippen LogP contribution in [0, 0.1) is 16.0 Å². The lowest BCUT2D eigenvalue weighted by Crippen LogP contribution is -2.48. The molecular formula is C21H22F3N3O3S. The Bertz CT molecular complexity index is 1010. The number of rotatable bonds is 3. The Morgan fingerprint density at radius 1 is 1.19 bits per heavy atom. The van der Waals surface area contributed by atoms with Crippen molar-refractivity contribution in [2.75, 3.05) is 31.1 Å². The molecule has 1 saturated heterocycles. The number of hydrogen-bond donors (Lipinski definition) is 0. The molecule has 2 aromatic rings. The van der Waals surface area contributed by atoms with Crippen LogP contribution in [0.4, 0.5) is 24.5 Å². The molecule has 166 valence electrons. The minimum absolute atomic E-state index is 0.0476. The van der Waals surface area contributed by atoms with Crippen molar-refractivity contribution in [1.82, 2.24) is 4.90 Å². The fraction of sp³-hybridized carbons (Fsp3) is 0.476. The fourth-order valence-electron chi connectivity index (χ4n) is 4.23. The summed E-state index contributed by atoms with van der Waals surface area (Å²) in [7, 11) is 0. The number of aryl methyl sites for hydroxylation is 1. The summed E-state index contributed by atoms with van der Waals surface area (Å²) < 4.78 is 38.8. The van der Waals surface area contributed by atoms with Crippen LogP contribution in [0.1, 0.15) is 39.0 Å². The van der Waals surface area contributed by atoms with Gasteiger partial charge in [0.25, 0.3) is 11.6 Å². The van der Waals surface area contributed by atoms with E-state index in [9.17, 15) is 28.1 Å². The Kier molecular flexibility index (Phi) is 5.67. The highest BCUT2D eigenvalue weighted by Gasteiger charge is 2.34. The summed E-state index contributed by atoms with van der Waals surface area (Å²) >= 11 is 1.55. The Hall–Kier alpha value is -2.62. The van der Waals surface area contributed by atoms with Gasteiger partial charge in [-0.3, -0.25) is 14.9 Å². The molecule has 0 bridgehead atoms. The van der Waals surface area contributed by atoms with E-state index in [-0.39, 0.29) is 11.6 Å². The summed E-state index contributed by atoms with van der Waals surface area (Å²) in [5.74, 6) is 0.571. The van der Waals surface area contributed by atoms with Gasteiger partial charge < -0.3 is 9.80 Å². The number of nitrogens with zero attached hydrogens (tertiary/aromatic N) is 3. The van der Waals surface area contributed by atoms with Gasteiger partial charge >= 0.3 is 6.18 Å². The van der Waals surface area contributed by atoms with Crippen molar-refractivity contribution in [2.24, 2.45) is 5.92 Å². The number of alkyl halides is 3. The zero-order valence-corrected chi connectivity index (χ0v) is 17.8. The number of benzene rings is 1. The predicted molar refractivity (Wildman–Crippen MR) is 112 cm³/mol. The zero-order chi connectivity index (χ0) is 22.3. The molecule has 4 rings (SSSR count). The van der Waals surface area contributed by atoms with E-state index < -0.39 is 22.4 Å². The molecule has 1 aromatic heterocycles. The van der Waals surface area contributed by atoms with Crippen LogP contribution < -0.4 is 4.90 Å². The fourth-order valence-corrected chi connectivity index (χ4v) is 5.41. The van der Waals surface area contributed by atoms with Crippen LogP contribution in [-0.2, 0) is 19.0 Å². The average molecular weight is 453 g/mol. The summed E-state index contributed by atoms with van der Waals surface area (Å²) in [5, 5.41) is 11.4. The molecule has 2 heterocycles. The third-order valence-corrected chi connectivity index (χ3v) is 7.17. The summed E-state index contributed by atoms with van der Waals surface area (Å²) in [5.41, 5.74) is -0.223. The molecule has 0 saturated carbocycles. The van der Waals surface area contributed by atoms with Gasteiger partial charge in [0.2, 0.25) is 0 Å². The average Bonchev–Trinajstić information content (AvgIpc) is 3.15. The largest absolute Gasteiger partial charge is 0.416 e. The van der Waals surface area contributed by atoms with Gasteiger partial charge in [-0.15, -0.1) is 11.3 Å². The lowest BCUT2D eigenvalue weighted by Gasteiger charge is -2.35. The van der Waals surface area contributed by atoms with E-state index in [0.717, 1.165) is 31.4 Å². The van der Waals surface area contributed by atoms with Crippen LogP contribution in [0.15, 0.2) is 24.3 Å². The normalized spacial score (nSPS) is 19.3. The van der Waals surface area contributed by atoms with Crippen molar-refractivity contribution in [3.8, 4) is 0 Å². The van der Waals surface area contributed by atoms with Gasteiger partial charge in [-0.25, -0.2) is 0 Å². The van der Waals surface area contributed by atoms with E-state index in [1.165, 1.54) is 10.4 Å². The van der Waals surface area contributed by atoms with Gasteiger partial charge in [0.05, 0.1) is 15.4 Å². The van der Waals surface area contributed by atoms with E-state index in [1.54, 1.807) is 21.1 Å². The quantitative estimate of drug-likeness (QED) is 0.496. The van der Waals surface area contributed by atoms with Gasteiger partial charge in [-0.2, -0.15) is 13.2 Å². The van der Waals surface area contributed by atoms with E-state index in [1.807, 2.05) is 6.07 Å². The summed E-state index contributed by atoms with van der Waals surface area (Å²) in [6.45, 7) is 3.56. The molecule has 1 aromatic carbocycles. The van der Waals surface area contributed by atoms with E-state index >= 15 is 0 Å². The molecule has 10 heteroatoms. The molecule has 0 N–H and O–H groups in total. The monoisotopic (exact) mass is 453 g/mol. The second kappa shape index (κ2) is 8.14. The van der Waals surface area contributed by atoms with Crippen LogP contribution in [0.3, 0.4) is 0 Å². The second-order valence-corrected chi connectivity index (χ2v) is 9.28. The second-order valence-electron chi connectivity index (χ2n) is 8.14. The maximum Gasteiger partial charge on any atom is 0.416 e. The standard InChI is InChI=1S/C21H22F3N3O3S/c1-13-2-5-18-14(10-13)11-19(31-18)20(28)26-8-6-25(7-9-26)16-4-3-15(21(22,23)24)12-17(16)27(29)30/h3-4,11-13H,2,5-10H2,1H3. The van der Waals surface area contributed by atoms with Crippen molar-refractivity contribution < 1.29 is 22.9 Å². The molecule has 1 atom stereocenters. The molecule has 6 nitrogen and oxygen atoms in total. The number of piperazine rings is 1. The first-order chi connectivity index (χ1) is 14.6. The van der Waals surface area contributed by atoms with Crippen molar-refractivity contribution in [1.29, 1.82) is 0 Å². The number of carbonyl (C=O) groups is 1. The first-order valence-electron chi connectivity index (χ1n) is 10.1. The topological polar surface area (TPSA) is 66.7 Å². The van der Waals surface area contributed by atoms with Crippen LogP contribution in [0.25, 0.3) is 0 Å². The lowest BCUT2D eigenvalue weighted by molar-refractivity contribution is -0.384. The maximum atomic E-state index is 13.0. The highest BCUT2D eigenvalue weighted by Crippen LogP contribution is 2.37. The minimum Gasteiger partial charge on any atom is -0.362 e. The Labute approximate surface area is 181 Å². The number of thiophene rings is 1. The minimum atomic E-state index is -4.65. The lowest BCUT2D eigenvalue weighted by atomic mass is 9.90. The number of nitro groups is 1. The van der Waals surface area contributed by atoms with Crippen LogP contribution in [0.5, 0.6) is 0 Å². The highest BCUT2D eigenvalue weighted by atomic mass is 32.1. The van der Waals surface area contributed by atoms with Crippen LogP contribution >= 0.6 is 11.3 Å². The number of amides is 1. The van der Waals surface area contributed by atoms with Gasteiger partial charge in [-0.1, -0.05) is 6.92 Å². The van der Waals surface area contributed by atoms with Crippen molar-refractivity contribution in [2.45, 2.75) is 32.4 Å². The van der Waals surface area contributed by atoms with E-state index in [2.05, 4.69) is 6.92 Å². The van der Waals surface area contributed by atoms with Crippen LogP contribution in [-0.4, -0.2) is 41.9 Å². The molecule has 1 aliphatic heterocycles. The number of fused-ring (bicyclic) bond motifs is 1. The highest BCUT2D eigenvalue weighted by molar-refractivity contribution is 7.14. The Balaban J connectivity index is 1.46. The van der Waals surface area contributed by atoms with Gasteiger partial charge in [0.15, 0.2) is 0 Å². The summed E-state index contributed by atoms with van der Waals surface area (Å²) in [4.78, 5) is 28.9. The number of hydrogen-bond acceptors (Lipinski definition) is 5. The molecular weight excluding hydrogens is 431 g/mol. The number of carbonyl (C=O) groups excluding carboxylic acids is 1. The molecule has 31 heavy (non-hydrogen) atoms. The van der Waals surface area contributed by atoms with E-state index in [4.69, 9.17) is 0 Å². The van der Waals surface area contributed by atoms with Gasteiger partial charge in [0, 0.05) is 37.1 Å². The van der Waals surface area contributed by atoms with Gasteiger partial charge in [0.1, 0.15) is 5.69 Å². The molecule has 0 radical (unpaired) electrons. The Morgan fingerprint density at radius 3 is 2.55 bits per heavy atom. The molecule has 1 unspecified atom stereocenters. The third kappa shape index (κ3) is 4.39. The summed E-state index contributed by atoms with van der Waals surface area (Å²) in [6, 6.07) is 4.57. The first-order valence-corrected chi connectivity index (χ1v) is 11.0. The molecule has 1 aliphatic carbocycles.